The lowest BCUT2D eigenvalue weighted by Gasteiger charge is -2.17. The molecule has 170 valence electrons. The standard InChI is InChI=1S/C25H24N2O6/c1-32-25(29)23(26-24(28)16-19-9-5-11-21(13-19)27(30)31)15-20-10-6-12-22(14-20)33-17-18-7-3-2-4-8-18/h2-14,23H,15-17H2,1H3,(H,26,28)/t23-/m0/s1. The Hall–Kier alpha value is -4.20. The summed E-state index contributed by atoms with van der Waals surface area (Å²) in [6.45, 7) is 0.407. The van der Waals surface area contributed by atoms with Crippen LogP contribution in [0.15, 0.2) is 78.9 Å². The summed E-state index contributed by atoms with van der Waals surface area (Å²) in [6.07, 6.45) is 0.102. The van der Waals surface area contributed by atoms with Crippen molar-refractivity contribution in [1.29, 1.82) is 0 Å². The molecule has 0 spiro atoms. The molecule has 3 aromatic rings. The Kier molecular flexibility index (Phi) is 8.13. The topological polar surface area (TPSA) is 108 Å². The molecule has 0 aliphatic carbocycles. The summed E-state index contributed by atoms with van der Waals surface area (Å²) < 4.78 is 10.7. The van der Waals surface area contributed by atoms with Crippen LogP contribution in [-0.4, -0.2) is 30.0 Å². The van der Waals surface area contributed by atoms with Gasteiger partial charge in [0.05, 0.1) is 18.5 Å². The lowest BCUT2D eigenvalue weighted by atomic mass is 10.0. The van der Waals surface area contributed by atoms with E-state index in [1.165, 1.54) is 25.3 Å². The van der Waals surface area contributed by atoms with Crippen molar-refractivity contribution in [1.82, 2.24) is 5.32 Å². The number of nitro groups is 1. The Morgan fingerprint density at radius 1 is 0.939 bits per heavy atom. The van der Waals surface area contributed by atoms with Crippen LogP contribution in [0.4, 0.5) is 5.69 Å². The van der Waals surface area contributed by atoms with E-state index in [4.69, 9.17) is 9.47 Å². The monoisotopic (exact) mass is 448 g/mol. The van der Waals surface area contributed by atoms with Gasteiger partial charge >= 0.3 is 5.97 Å². The van der Waals surface area contributed by atoms with Crippen LogP contribution in [0.3, 0.4) is 0 Å². The molecule has 3 aromatic carbocycles. The second kappa shape index (κ2) is 11.4. The van der Waals surface area contributed by atoms with E-state index in [-0.39, 0.29) is 18.5 Å². The maximum Gasteiger partial charge on any atom is 0.328 e. The Labute approximate surface area is 191 Å². The van der Waals surface area contributed by atoms with Crippen LogP contribution in [-0.2, 0) is 33.8 Å². The number of rotatable bonds is 10. The molecule has 8 heteroatoms. The highest BCUT2D eigenvalue weighted by Gasteiger charge is 2.22. The van der Waals surface area contributed by atoms with Gasteiger partial charge in [0.15, 0.2) is 0 Å². The molecule has 3 rings (SSSR count). The zero-order valence-electron chi connectivity index (χ0n) is 18.1. The zero-order valence-corrected chi connectivity index (χ0v) is 18.1. The van der Waals surface area contributed by atoms with Gasteiger partial charge in [-0.2, -0.15) is 0 Å². The van der Waals surface area contributed by atoms with E-state index in [1.807, 2.05) is 54.6 Å². The average Bonchev–Trinajstić information content (AvgIpc) is 2.83. The SMILES string of the molecule is COC(=O)[C@H](Cc1cccc(OCc2ccccc2)c1)NC(=O)Cc1cccc([N+](=O)[O-])c1. The summed E-state index contributed by atoms with van der Waals surface area (Å²) in [7, 11) is 1.25. The third kappa shape index (κ3) is 7.17. The molecule has 0 fully saturated rings. The second-order valence-corrected chi connectivity index (χ2v) is 7.37. The number of carbonyl (C=O) groups is 2. The first-order chi connectivity index (χ1) is 15.9. The Morgan fingerprint density at radius 2 is 1.64 bits per heavy atom. The molecule has 1 atom stereocenters. The summed E-state index contributed by atoms with van der Waals surface area (Å²) in [5.74, 6) is -0.386. The number of nitrogens with one attached hydrogen (secondary N) is 1. The maximum atomic E-state index is 12.5. The van der Waals surface area contributed by atoms with Crippen molar-refractivity contribution in [2.24, 2.45) is 0 Å². The third-order valence-corrected chi connectivity index (χ3v) is 4.89. The summed E-state index contributed by atoms with van der Waals surface area (Å²) in [5.41, 5.74) is 2.19. The zero-order chi connectivity index (χ0) is 23.6. The highest BCUT2D eigenvalue weighted by atomic mass is 16.6. The number of ether oxygens (including phenoxy) is 2. The van der Waals surface area contributed by atoms with Crippen molar-refractivity contribution in [3.63, 3.8) is 0 Å². The number of non-ortho nitro benzene ring substituents is 1. The molecule has 0 saturated heterocycles. The molecule has 33 heavy (non-hydrogen) atoms. The van der Waals surface area contributed by atoms with Crippen LogP contribution < -0.4 is 10.1 Å². The van der Waals surface area contributed by atoms with E-state index in [1.54, 1.807) is 6.07 Å². The lowest BCUT2D eigenvalue weighted by Crippen LogP contribution is -2.43. The van der Waals surface area contributed by atoms with Gasteiger partial charge in [-0.25, -0.2) is 4.79 Å². The largest absolute Gasteiger partial charge is 0.489 e. The van der Waals surface area contributed by atoms with Gasteiger partial charge in [0.2, 0.25) is 5.91 Å². The minimum atomic E-state index is -0.912. The Balaban J connectivity index is 1.64. The number of carbonyl (C=O) groups excluding carboxylic acids is 2. The van der Waals surface area contributed by atoms with E-state index < -0.39 is 22.8 Å². The van der Waals surface area contributed by atoms with Crippen LogP contribution in [0.2, 0.25) is 0 Å². The predicted octanol–water partition coefficient (Wildman–Crippen LogP) is 3.62. The van der Waals surface area contributed by atoms with E-state index in [0.29, 0.717) is 17.9 Å². The van der Waals surface area contributed by atoms with Crippen molar-refractivity contribution in [2.75, 3.05) is 7.11 Å². The van der Waals surface area contributed by atoms with E-state index in [0.717, 1.165) is 11.1 Å². The van der Waals surface area contributed by atoms with Crippen molar-refractivity contribution in [3.8, 4) is 5.75 Å². The van der Waals surface area contributed by atoms with Crippen molar-refractivity contribution in [3.05, 3.63) is 106 Å². The Morgan fingerprint density at radius 3 is 2.36 bits per heavy atom. The van der Waals surface area contributed by atoms with Gasteiger partial charge in [0, 0.05) is 18.6 Å². The molecule has 0 unspecified atom stereocenters. The van der Waals surface area contributed by atoms with Gasteiger partial charge in [0.25, 0.3) is 5.69 Å². The quantitative estimate of drug-likeness (QED) is 0.288. The number of amides is 1. The van der Waals surface area contributed by atoms with E-state index in [9.17, 15) is 19.7 Å². The highest BCUT2D eigenvalue weighted by Crippen LogP contribution is 2.17. The van der Waals surface area contributed by atoms with E-state index in [2.05, 4.69) is 5.32 Å². The molecule has 0 aromatic heterocycles. The summed E-state index contributed by atoms with van der Waals surface area (Å²) >= 11 is 0. The predicted molar refractivity (Wildman–Crippen MR) is 122 cm³/mol. The number of hydrogen-bond acceptors (Lipinski definition) is 6. The minimum absolute atomic E-state index is 0.0999. The normalized spacial score (nSPS) is 11.3. The molecule has 0 aliphatic rings. The van der Waals surface area contributed by atoms with Crippen molar-refractivity contribution < 1.29 is 24.0 Å². The highest BCUT2D eigenvalue weighted by molar-refractivity contribution is 5.85. The molecule has 0 aliphatic heterocycles. The van der Waals surface area contributed by atoms with Crippen LogP contribution in [0.5, 0.6) is 5.75 Å². The number of benzene rings is 3. The molecule has 8 nitrogen and oxygen atoms in total. The van der Waals surface area contributed by atoms with Crippen molar-refractivity contribution >= 4 is 17.6 Å². The third-order valence-electron chi connectivity index (χ3n) is 4.89. The number of methoxy groups -OCH3 is 1. The molecule has 0 bridgehead atoms. The lowest BCUT2D eigenvalue weighted by molar-refractivity contribution is -0.384. The first kappa shape index (κ1) is 23.5. The van der Waals surface area contributed by atoms with Crippen LogP contribution in [0.25, 0.3) is 0 Å². The minimum Gasteiger partial charge on any atom is -0.489 e. The molecule has 0 heterocycles. The van der Waals surface area contributed by atoms with Crippen LogP contribution in [0, 0.1) is 10.1 Å². The average molecular weight is 448 g/mol. The Bertz CT molecular complexity index is 1120. The van der Waals surface area contributed by atoms with Gasteiger partial charge in [-0.3, -0.25) is 14.9 Å². The molecular formula is C25H24N2O6. The molecule has 0 saturated carbocycles. The van der Waals surface area contributed by atoms with Crippen LogP contribution >= 0.6 is 0 Å². The van der Waals surface area contributed by atoms with Gasteiger partial charge in [0.1, 0.15) is 18.4 Å². The maximum absolute atomic E-state index is 12.5. The van der Waals surface area contributed by atoms with Gasteiger partial charge in [-0.1, -0.05) is 54.6 Å². The first-order valence-electron chi connectivity index (χ1n) is 10.3. The molecular weight excluding hydrogens is 424 g/mol. The van der Waals surface area contributed by atoms with Crippen molar-refractivity contribution in [2.45, 2.75) is 25.5 Å². The molecule has 0 radical (unpaired) electrons. The van der Waals surface area contributed by atoms with E-state index >= 15 is 0 Å². The smallest absolute Gasteiger partial charge is 0.328 e. The fraction of sp³-hybridized carbons (Fsp3) is 0.200. The van der Waals surface area contributed by atoms with Crippen LogP contribution in [0.1, 0.15) is 16.7 Å². The summed E-state index contributed by atoms with van der Waals surface area (Å²) in [4.78, 5) is 35.2. The first-order valence-corrected chi connectivity index (χ1v) is 10.3. The number of nitro benzene ring substituents is 1. The van der Waals surface area contributed by atoms with Gasteiger partial charge in [-0.05, 0) is 28.8 Å². The molecule has 1 amide bonds. The fourth-order valence-corrected chi connectivity index (χ4v) is 3.29. The van der Waals surface area contributed by atoms with Gasteiger partial charge < -0.3 is 14.8 Å². The number of hydrogen-bond donors (Lipinski definition) is 1. The number of nitrogens with zero attached hydrogens (tertiary/aromatic N) is 1. The van der Waals surface area contributed by atoms with Gasteiger partial charge in [-0.15, -0.1) is 0 Å². The second-order valence-electron chi connectivity index (χ2n) is 7.37. The summed E-state index contributed by atoms with van der Waals surface area (Å²) in [6, 6.07) is 21.9. The molecule has 1 N–H and O–H groups in total. The fourth-order valence-electron chi connectivity index (χ4n) is 3.29. The number of esters is 1. The summed E-state index contributed by atoms with van der Waals surface area (Å²) in [5, 5.41) is 13.6.